The maximum absolute atomic E-state index is 12.7. The summed E-state index contributed by atoms with van der Waals surface area (Å²) in [6.45, 7) is 4.41. The van der Waals surface area contributed by atoms with Crippen LogP contribution in [-0.4, -0.2) is 42.6 Å². The lowest BCUT2D eigenvalue weighted by Gasteiger charge is -2.22. The van der Waals surface area contributed by atoms with Gasteiger partial charge in [-0.25, -0.2) is 15.0 Å². The van der Waals surface area contributed by atoms with Crippen LogP contribution in [0.25, 0.3) is 16.8 Å². The van der Waals surface area contributed by atoms with Crippen molar-refractivity contribution in [1.82, 2.24) is 24.3 Å². The number of pyridine rings is 1. The van der Waals surface area contributed by atoms with E-state index in [0.717, 1.165) is 30.7 Å². The first kappa shape index (κ1) is 22.0. The minimum atomic E-state index is -0.254. The molecule has 1 aromatic carbocycles. The van der Waals surface area contributed by atoms with Crippen LogP contribution in [0.3, 0.4) is 0 Å². The Morgan fingerprint density at radius 3 is 2.61 bits per heavy atom. The van der Waals surface area contributed by atoms with Crippen molar-refractivity contribution in [2.45, 2.75) is 25.3 Å². The molecule has 1 saturated carbocycles. The van der Waals surface area contributed by atoms with Crippen LogP contribution in [0.1, 0.15) is 41.5 Å². The second kappa shape index (κ2) is 8.30. The maximum Gasteiger partial charge on any atom is 0.256 e. The monoisotopic (exact) mass is 479 g/mol. The molecule has 3 N–H and O–H groups in total. The largest absolute Gasteiger partial charge is 0.382 e. The molecule has 4 aromatic rings. The SMILES string of the molecule is C=CC(=O)N1CC2(CC2)CC1c1nc(-c2ccc(C(=O)Nc3ccccn3)cc2)c2c(N)nccn12. The van der Waals surface area contributed by atoms with E-state index in [4.69, 9.17) is 10.7 Å². The predicted molar refractivity (Wildman–Crippen MR) is 136 cm³/mol. The highest BCUT2D eigenvalue weighted by atomic mass is 16.2. The van der Waals surface area contributed by atoms with Gasteiger partial charge in [-0.15, -0.1) is 0 Å². The molecule has 180 valence electrons. The number of nitrogens with zero attached hydrogens (tertiary/aromatic N) is 5. The molecule has 2 fully saturated rings. The van der Waals surface area contributed by atoms with Gasteiger partial charge < -0.3 is 16.0 Å². The Hall–Kier alpha value is -4.53. The summed E-state index contributed by atoms with van der Waals surface area (Å²) in [5.74, 6) is 1.25. The quantitative estimate of drug-likeness (QED) is 0.420. The molecule has 1 atom stereocenters. The number of rotatable bonds is 5. The summed E-state index contributed by atoms with van der Waals surface area (Å²) in [7, 11) is 0. The van der Waals surface area contributed by atoms with Crippen LogP contribution >= 0.6 is 0 Å². The molecule has 1 unspecified atom stereocenters. The average Bonchev–Trinajstić information content (AvgIpc) is 3.38. The number of imidazole rings is 1. The summed E-state index contributed by atoms with van der Waals surface area (Å²) in [4.78, 5) is 40.7. The van der Waals surface area contributed by atoms with E-state index in [9.17, 15) is 9.59 Å². The second-order valence-corrected chi connectivity index (χ2v) is 9.49. The molecule has 1 aliphatic heterocycles. The molecule has 4 heterocycles. The maximum atomic E-state index is 12.7. The summed E-state index contributed by atoms with van der Waals surface area (Å²) in [5, 5.41) is 2.79. The molecule has 36 heavy (non-hydrogen) atoms. The lowest BCUT2D eigenvalue weighted by atomic mass is 10.0. The summed E-state index contributed by atoms with van der Waals surface area (Å²) >= 11 is 0. The smallest absolute Gasteiger partial charge is 0.256 e. The fraction of sp³-hybridized carbons (Fsp3) is 0.222. The standard InChI is InChI=1S/C27H25N7O2/c1-2-21(35)34-16-27(10-11-27)15-19(34)25-32-22(23-24(28)30-13-14-33(23)25)17-6-8-18(9-7-17)26(36)31-20-5-3-4-12-29-20/h2-9,12-14,19H,1,10-11,15-16H2,(H2,28,30)(H,29,31,36). The minimum absolute atomic E-state index is 0.0904. The minimum Gasteiger partial charge on any atom is -0.382 e. The first-order chi connectivity index (χ1) is 17.5. The number of nitrogens with two attached hydrogens (primary N) is 1. The number of nitrogens with one attached hydrogen (secondary N) is 1. The van der Waals surface area contributed by atoms with Gasteiger partial charge in [0.15, 0.2) is 0 Å². The number of benzene rings is 1. The van der Waals surface area contributed by atoms with Crippen LogP contribution in [0, 0.1) is 5.41 Å². The highest BCUT2D eigenvalue weighted by Crippen LogP contribution is 2.58. The fourth-order valence-corrected chi connectivity index (χ4v) is 5.10. The third kappa shape index (κ3) is 3.69. The topological polar surface area (TPSA) is 119 Å². The number of aromatic nitrogens is 4. The molecule has 6 rings (SSSR count). The molecule has 0 bridgehead atoms. The number of amides is 2. The lowest BCUT2D eigenvalue weighted by molar-refractivity contribution is -0.127. The normalized spacial score (nSPS) is 17.9. The van der Waals surface area contributed by atoms with Gasteiger partial charge in [0.25, 0.3) is 5.91 Å². The lowest BCUT2D eigenvalue weighted by Crippen LogP contribution is -2.30. The zero-order valence-electron chi connectivity index (χ0n) is 19.6. The number of likely N-dealkylation sites (tertiary alicyclic amines) is 1. The number of nitrogen functional groups attached to an aromatic ring is 1. The van der Waals surface area contributed by atoms with Gasteiger partial charge in [-0.05, 0) is 55.0 Å². The van der Waals surface area contributed by atoms with Crippen LogP contribution in [0.15, 0.2) is 73.7 Å². The summed E-state index contributed by atoms with van der Waals surface area (Å²) in [5.41, 5.74) is 9.13. The third-order valence-electron chi connectivity index (χ3n) is 7.16. The molecular weight excluding hydrogens is 454 g/mol. The van der Waals surface area contributed by atoms with Crippen molar-refractivity contribution < 1.29 is 9.59 Å². The molecule has 1 saturated heterocycles. The first-order valence-electron chi connectivity index (χ1n) is 11.9. The zero-order chi connectivity index (χ0) is 24.9. The van der Waals surface area contributed by atoms with E-state index in [1.54, 1.807) is 36.7 Å². The number of hydrogen-bond donors (Lipinski definition) is 2. The molecule has 9 heteroatoms. The van der Waals surface area contributed by atoms with Crippen LogP contribution in [0.2, 0.25) is 0 Å². The van der Waals surface area contributed by atoms with Crippen LogP contribution in [0.5, 0.6) is 0 Å². The Morgan fingerprint density at radius 2 is 1.92 bits per heavy atom. The molecule has 9 nitrogen and oxygen atoms in total. The van der Waals surface area contributed by atoms with Gasteiger partial charge in [-0.2, -0.15) is 0 Å². The molecule has 1 aliphatic carbocycles. The molecule has 3 aromatic heterocycles. The van der Waals surface area contributed by atoms with Gasteiger partial charge in [-0.1, -0.05) is 24.8 Å². The number of carbonyl (C=O) groups is 2. The Labute approximate surface area is 207 Å². The summed E-state index contributed by atoms with van der Waals surface area (Å²) in [6, 6.07) is 12.3. The van der Waals surface area contributed by atoms with Gasteiger partial charge in [-0.3, -0.25) is 14.0 Å². The number of carbonyl (C=O) groups excluding carboxylic acids is 2. The third-order valence-corrected chi connectivity index (χ3v) is 7.16. The van der Waals surface area contributed by atoms with E-state index in [2.05, 4.69) is 21.9 Å². The zero-order valence-corrected chi connectivity index (χ0v) is 19.6. The van der Waals surface area contributed by atoms with Crippen molar-refractivity contribution in [2.24, 2.45) is 5.41 Å². The Kier molecular flexibility index (Phi) is 5.06. The highest BCUT2D eigenvalue weighted by Gasteiger charge is 2.54. The molecule has 2 aliphatic rings. The van der Waals surface area contributed by atoms with Crippen molar-refractivity contribution in [3.63, 3.8) is 0 Å². The molecule has 2 amide bonds. The van der Waals surface area contributed by atoms with Gasteiger partial charge in [0.2, 0.25) is 5.91 Å². The van der Waals surface area contributed by atoms with Crippen molar-refractivity contribution in [3.05, 3.63) is 85.1 Å². The van der Waals surface area contributed by atoms with E-state index < -0.39 is 0 Å². The van der Waals surface area contributed by atoms with Gasteiger partial charge in [0.05, 0.1) is 6.04 Å². The van der Waals surface area contributed by atoms with Gasteiger partial charge >= 0.3 is 0 Å². The number of fused-ring (bicyclic) bond motifs is 1. The van der Waals surface area contributed by atoms with E-state index in [-0.39, 0.29) is 23.3 Å². The van der Waals surface area contributed by atoms with Gasteiger partial charge in [0, 0.05) is 36.3 Å². The van der Waals surface area contributed by atoms with E-state index in [1.807, 2.05) is 33.7 Å². The number of hydrogen-bond acceptors (Lipinski definition) is 6. The highest BCUT2D eigenvalue weighted by molar-refractivity contribution is 6.04. The van der Waals surface area contributed by atoms with Crippen LogP contribution < -0.4 is 11.1 Å². The molecule has 1 spiro atoms. The number of anilines is 2. The van der Waals surface area contributed by atoms with Crippen LogP contribution in [-0.2, 0) is 4.79 Å². The van der Waals surface area contributed by atoms with Crippen molar-refractivity contribution >= 4 is 29.0 Å². The second-order valence-electron chi connectivity index (χ2n) is 9.49. The predicted octanol–water partition coefficient (Wildman–Crippen LogP) is 3.87. The summed E-state index contributed by atoms with van der Waals surface area (Å²) in [6.07, 6.45) is 9.57. The Morgan fingerprint density at radius 1 is 1.11 bits per heavy atom. The van der Waals surface area contributed by atoms with E-state index >= 15 is 0 Å². The van der Waals surface area contributed by atoms with E-state index in [1.165, 1.54) is 6.08 Å². The Bertz CT molecular complexity index is 1490. The Balaban J connectivity index is 1.37. The average molecular weight is 480 g/mol. The first-order valence-corrected chi connectivity index (χ1v) is 11.9. The van der Waals surface area contributed by atoms with Gasteiger partial charge in [0.1, 0.15) is 28.7 Å². The van der Waals surface area contributed by atoms with Crippen LogP contribution in [0.4, 0.5) is 11.6 Å². The van der Waals surface area contributed by atoms with Crippen molar-refractivity contribution in [1.29, 1.82) is 0 Å². The fourth-order valence-electron chi connectivity index (χ4n) is 5.10. The van der Waals surface area contributed by atoms with E-state index in [0.29, 0.717) is 35.0 Å². The van der Waals surface area contributed by atoms with Crippen molar-refractivity contribution in [2.75, 3.05) is 17.6 Å². The summed E-state index contributed by atoms with van der Waals surface area (Å²) < 4.78 is 1.94. The molecule has 0 radical (unpaired) electrons. The molecular formula is C27H25N7O2. The van der Waals surface area contributed by atoms with Crippen molar-refractivity contribution in [3.8, 4) is 11.3 Å².